The summed E-state index contributed by atoms with van der Waals surface area (Å²) in [4.78, 5) is 10.7. The second-order valence-electron chi connectivity index (χ2n) is 5.44. The maximum Gasteiger partial charge on any atom is 0.338 e. The highest BCUT2D eigenvalue weighted by molar-refractivity contribution is 7.89. The van der Waals surface area contributed by atoms with E-state index in [0.717, 1.165) is 18.2 Å². The van der Waals surface area contributed by atoms with Crippen LogP contribution in [0, 0.1) is 5.82 Å². The summed E-state index contributed by atoms with van der Waals surface area (Å²) in [5.74, 6) is -2.50. The van der Waals surface area contributed by atoms with Crippen LogP contribution in [-0.2, 0) is 10.0 Å². The van der Waals surface area contributed by atoms with Crippen molar-refractivity contribution >= 4 is 16.0 Å². The fraction of sp³-hybridized carbons (Fsp3) is 0.357. The van der Waals surface area contributed by atoms with Crippen molar-refractivity contribution in [2.24, 2.45) is 0 Å². The lowest BCUT2D eigenvalue weighted by Gasteiger charge is -2.33. The summed E-state index contributed by atoms with van der Waals surface area (Å²) in [6, 6.07) is 2.72. The third kappa shape index (κ3) is 3.68. The van der Waals surface area contributed by atoms with Crippen LogP contribution in [0.2, 0.25) is 0 Å². The molecule has 0 aliphatic carbocycles. The molecule has 7 heteroatoms. The van der Waals surface area contributed by atoms with Gasteiger partial charge in [-0.3, -0.25) is 0 Å². The quantitative estimate of drug-likeness (QED) is 0.847. The number of carboxylic acids is 1. The van der Waals surface area contributed by atoms with Crippen LogP contribution in [0.4, 0.5) is 4.39 Å². The summed E-state index contributed by atoms with van der Waals surface area (Å²) >= 11 is 0. The van der Waals surface area contributed by atoms with Gasteiger partial charge < -0.3 is 5.11 Å². The molecule has 1 aromatic rings. The molecule has 0 aliphatic rings. The summed E-state index contributed by atoms with van der Waals surface area (Å²) in [6.07, 6.45) is 1.43. The number of hydrogen-bond acceptors (Lipinski definition) is 3. The van der Waals surface area contributed by atoms with E-state index in [1.807, 2.05) is 0 Å². The second kappa shape index (κ2) is 5.95. The van der Waals surface area contributed by atoms with Gasteiger partial charge in [0.05, 0.1) is 10.5 Å². The van der Waals surface area contributed by atoms with E-state index in [0.29, 0.717) is 0 Å². The first kappa shape index (κ1) is 17.3. The molecule has 0 bridgehead atoms. The molecule has 1 aromatic carbocycles. The van der Waals surface area contributed by atoms with Gasteiger partial charge in [0, 0.05) is 12.1 Å². The molecular formula is C14H18FNO4S. The van der Waals surface area contributed by atoms with Crippen molar-refractivity contribution in [1.29, 1.82) is 0 Å². The van der Waals surface area contributed by atoms with Crippen LogP contribution in [-0.4, -0.2) is 35.9 Å². The number of carboxylic acid groups (broad SMARTS) is 1. The Hall–Kier alpha value is -1.73. The highest BCUT2D eigenvalue weighted by atomic mass is 32.2. The molecule has 0 spiro atoms. The predicted molar refractivity (Wildman–Crippen MR) is 77.2 cm³/mol. The summed E-state index contributed by atoms with van der Waals surface area (Å²) in [5, 5.41) is 8.89. The van der Waals surface area contributed by atoms with Gasteiger partial charge in [0.1, 0.15) is 5.82 Å². The molecule has 0 radical (unpaired) electrons. The molecule has 5 nitrogen and oxygen atoms in total. The Kier molecular flexibility index (Phi) is 4.91. The molecule has 0 saturated carbocycles. The Morgan fingerprint density at radius 2 is 2.00 bits per heavy atom. The minimum atomic E-state index is -3.96. The smallest absolute Gasteiger partial charge is 0.338 e. The monoisotopic (exact) mass is 315 g/mol. The second-order valence-corrected chi connectivity index (χ2v) is 7.30. The fourth-order valence-electron chi connectivity index (χ4n) is 1.81. The number of benzene rings is 1. The molecular weight excluding hydrogens is 297 g/mol. The van der Waals surface area contributed by atoms with Crippen molar-refractivity contribution in [2.45, 2.75) is 31.2 Å². The van der Waals surface area contributed by atoms with Crippen molar-refractivity contribution in [2.75, 3.05) is 6.54 Å². The molecule has 0 aliphatic heterocycles. The van der Waals surface area contributed by atoms with E-state index in [2.05, 4.69) is 6.58 Å². The van der Waals surface area contributed by atoms with Crippen molar-refractivity contribution < 1.29 is 22.7 Å². The maximum absolute atomic E-state index is 13.4. The standard InChI is InChI=1S/C14H18FNO4S/c1-5-8-16(14(2,3)4)21(19,20)10-6-7-12(15)11(9-10)13(17)18/h5-7,9H,1,8H2,2-4H3,(H,17,18). The lowest BCUT2D eigenvalue weighted by molar-refractivity contribution is 0.0691. The summed E-state index contributed by atoms with van der Waals surface area (Å²) < 4.78 is 39.8. The molecule has 0 heterocycles. The number of nitrogens with zero attached hydrogens (tertiary/aromatic N) is 1. The molecule has 1 rings (SSSR count). The number of rotatable bonds is 5. The molecule has 116 valence electrons. The van der Waals surface area contributed by atoms with E-state index in [1.54, 1.807) is 20.8 Å². The van der Waals surface area contributed by atoms with Gasteiger partial charge in [-0.15, -0.1) is 6.58 Å². The first-order valence-electron chi connectivity index (χ1n) is 6.18. The molecule has 0 fully saturated rings. The lowest BCUT2D eigenvalue weighted by Crippen LogP contribution is -2.45. The zero-order valence-corrected chi connectivity index (χ0v) is 12.9. The van der Waals surface area contributed by atoms with Gasteiger partial charge in [-0.1, -0.05) is 6.08 Å². The molecule has 21 heavy (non-hydrogen) atoms. The summed E-state index contributed by atoms with van der Waals surface area (Å²) in [5.41, 5.74) is -1.41. The highest BCUT2D eigenvalue weighted by Crippen LogP contribution is 2.25. The SMILES string of the molecule is C=CCN(C(C)(C)C)S(=O)(=O)c1ccc(F)c(C(=O)O)c1. The molecule has 1 N–H and O–H groups in total. The molecule has 0 amide bonds. The zero-order valence-electron chi connectivity index (χ0n) is 12.1. The van der Waals surface area contributed by atoms with Crippen LogP contribution in [0.5, 0.6) is 0 Å². The molecule has 0 aromatic heterocycles. The van der Waals surface area contributed by atoms with Crippen LogP contribution < -0.4 is 0 Å². The Morgan fingerprint density at radius 3 is 2.43 bits per heavy atom. The van der Waals surface area contributed by atoms with Crippen molar-refractivity contribution in [3.63, 3.8) is 0 Å². The zero-order chi connectivity index (χ0) is 16.4. The number of carbonyl (C=O) groups is 1. The van der Waals surface area contributed by atoms with E-state index >= 15 is 0 Å². The molecule has 0 saturated heterocycles. The van der Waals surface area contributed by atoms with E-state index in [9.17, 15) is 17.6 Å². The largest absolute Gasteiger partial charge is 0.478 e. The van der Waals surface area contributed by atoms with E-state index in [4.69, 9.17) is 5.11 Å². The minimum Gasteiger partial charge on any atom is -0.478 e. The molecule has 0 atom stereocenters. The summed E-state index contributed by atoms with van der Waals surface area (Å²) in [6.45, 7) is 8.69. The number of halogens is 1. The van der Waals surface area contributed by atoms with E-state index in [1.165, 1.54) is 10.4 Å². The number of aromatic carboxylic acids is 1. The maximum atomic E-state index is 13.4. The van der Waals surface area contributed by atoms with Crippen LogP contribution >= 0.6 is 0 Å². The predicted octanol–water partition coefficient (Wildman–Crippen LogP) is 2.50. The fourth-order valence-corrected chi connectivity index (χ4v) is 3.59. The van der Waals surface area contributed by atoms with Gasteiger partial charge in [0.25, 0.3) is 0 Å². The van der Waals surface area contributed by atoms with Gasteiger partial charge in [-0.25, -0.2) is 17.6 Å². The Morgan fingerprint density at radius 1 is 1.43 bits per heavy atom. The first-order valence-corrected chi connectivity index (χ1v) is 7.62. The lowest BCUT2D eigenvalue weighted by atomic mass is 10.1. The third-order valence-corrected chi connectivity index (χ3v) is 4.93. The van der Waals surface area contributed by atoms with Crippen LogP contribution in [0.3, 0.4) is 0 Å². The highest BCUT2D eigenvalue weighted by Gasteiger charge is 2.33. The van der Waals surface area contributed by atoms with Crippen molar-refractivity contribution in [3.8, 4) is 0 Å². The van der Waals surface area contributed by atoms with Gasteiger partial charge in [-0.2, -0.15) is 4.31 Å². The molecule has 0 unspecified atom stereocenters. The van der Waals surface area contributed by atoms with Gasteiger partial charge in [0.2, 0.25) is 10.0 Å². The van der Waals surface area contributed by atoms with E-state index in [-0.39, 0.29) is 11.4 Å². The van der Waals surface area contributed by atoms with Crippen LogP contribution in [0.1, 0.15) is 31.1 Å². The Balaban J connectivity index is 3.45. The average molecular weight is 315 g/mol. The van der Waals surface area contributed by atoms with E-state index < -0.39 is 32.9 Å². The van der Waals surface area contributed by atoms with Crippen molar-refractivity contribution in [1.82, 2.24) is 4.31 Å². The normalized spacial score (nSPS) is 12.4. The number of sulfonamides is 1. The summed E-state index contributed by atoms with van der Waals surface area (Å²) in [7, 11) is -3.96. The van der Waals surface area contributed by atoms with Crippen LogP contribution in [0.15, 0.2) is 35.7 Å². The van der Waals surface area contributed by atoms with Crippen molar-refractivity contribution in [3.05, 3.63) is 42.2 Å². The van der Waals surface area contributed by atoms with Gasteiger partial charge >= 0.3 is 5.97 Å². The first-order chi connectivity index (χ1) is 9.51. The Labute approximate surface area is 123 Å². The van der Waals surface area contributed by atoms with Gasteiger partial charge in [-0.05, 0) is 39.0 Å². The number of hydrogen-bond donors (Lipinski definition) is 1. The minimum absolute atomic E-state index is 0.0611. The Bertz CT molecular complexity index is 662. The third-order valence-electron chi connectivity index (χ3n) is 2.80. The van der Waals surface area contributed by atoms with Gasteiger partial charge in [0.15, 0.2) is 0 Å². The van der Waals surface area contributed by atoms with Crippen LogP contribution in [0.25, 0.3) is 0 Å². The topological polar surface area (TPSA) is 74.7 Å². The average Bonchev–Trinajstić information content (AvgIpc) is 2.34.